The zero-order valence-corrected chi connectivity index (χ0v) is 13.8. The number of carbonyl (C=O) groups is 1. The number of rotatable bonds is 2. The van der Waals surface area contributed by atoms with Crippen molar-refractivity contribution in [2.24, 2.45) is 12.5 Å². The van der Waals surface area contributed by atoms with E-state index in [0.29, 0.717) is 10.8 Å². The molecule has 0 amide bonds. The maximum Gasteiger partial charge on any atom is 0.345 e. The first-order valence-corrected chi connectivity index (χ1v) is 7.45. The standard InChI is InChI=1S/C16H16ClN3O3/c1-16(2)8-23-15(22)11(12(16)21)14-18-13(19-20(14)3)9-4-6-10(17)7-5-9/h4-7,21H,8H2,1-3H3. The van der Waals surface area contributed by atoms with Gasteiger partial charge in [0.2, 0.25) is 0 Å². The number of carbonyl (C=O) groups excluding carboxylic acids is 1. The first-order chi connectivity index (χ1) is 10.8. The second kappa shape index (κ2) is 5.38. The van der Waals surface area contributed by atoms with E-state index in [1.165, 1.54) is 4.68 Å². The molecule has 0 saturated heterocycles. The molecule has 0 aliphatic carbocycles. The Morgan fingerprint density at radius 1 is 1.30 bits per heavy atom. The summed E-state index contributed by atoms with van der Waals surface area (Å²) in [6.45, 7) is 3.72. The van der Waals surface area contributed by atoms with Gasteiger partial charge in [-0.3, -0.25) is 0 Å². The fourth-order valence-electron chi connectivity index (χ4n) is 2.34. The van der Waals surface area contributed by atoms with Gasteiger partial charge in [0.05, 0.1) is 5.41 Å². The number of aryl methyl sites for hydroxylation is 1. The number of aromatic nitrogens is 3. The van der Waals surface area contributed by atoms with Gasteiger partial charge in [0.25, 0.3) is 0 Å². The van der Waals surface area contributed by atoms with Gasteiger partial charge in [-0.25, -0.2) is 14.5 Å². The zero-order chi connectivity index (χ0) is 16.8. The number of hydrogen-bond acceptors (Lipinski definition) is 5. The largest absolute Gasteiger partial charge is 0.511 e. The van der Waals surface area contributed by atoms with Crippen LogP contribution in [0.2, 0.25) is 5.02 Å². The van der Waals surface area contributed by atoms with Gasteiger partial charge in [0.15, 0.2) is 11.6 Å². The average molecular weight is 334 g/mol. The minimum atomic E-state index is -0.657. The molecule has 2 aromatic rings. The van der Waals surface area contributed by atoms with Crippen molar-refractivity contribution in [3.8, 4) is 11.4 Å². The van der Waals surface area contributed by atoms with Crippen LogP contribution in [0, 0.1) is 5.41 Å². The van der Waals surface area contributed by atoms with Crippen molar-refractivity contribution in [1.82, 2.24) is 14.8 Å². The van der Waals surface area contributed by atoms with E-state index < -0.39 is 11.4 Å². The zero-order valence-electron chi connectivity index (χ0n) is 13.0. The topological polar surface area (TPSA) is 77.2 Å². The third-order valence-corrected chi connectivity index (χ3v) is 3.99. The SMILES string of the molecule is Cn1nc(-c2ccc(Cl)cc2)nc1C1=C(O)C(C)(C)COC1=O. The van der Waals surface area contributed by atoms with Gasteiger partial charge in [0.1, 0.15) is 17.9 Å². The lowest BCUT2D eigenvalue weighted by molar-refractivity contribution is -0.141. The Morgan fingerprint density at radius 2 is 1.96 bits per heavy atom. The van der Waals surface area contributed by atoms with E-state index in [0.717, 1.165) is 5.56 Å². The molecule has 7 heteroatoms. The molecule has 0 radical (unpaired) electrons. The molecule has 1 aliphatic rings. The second-order valence-corrected chi connectivity index (χ2v) is 6.51. The van der Waals surface area contributed by atoms with Crippen LogP contribution in [0.15, 0.2) is 30.0 Å². The number of benzene rings is 1. The molecule has 1 aliphatic heterocycles. The van der Waals surface area contributed by atoms with E-state index in [1.807, 2.05) is 0 Å². The monoisotopic (exact) mass is 333 g/mol. The lowest BCUT2D eigenvalue weighted by atomic mass is 9.87. The highest BCUT2D eigenvalue weighted by molar-refractivity contribution is 6.30. The predicted molar refractivity (Wildman–Crippen MR) is 85.7 cm³/mol. The van der Waals surface area contributed by atoms with Crippen LogP contribution in [0.25, 0.3) is 17.0 Å². The van der Waals surface area contributed by atoms with E-state index in [9.17, 15) is 9.90 Å². The highest BCUT2D eigenvalue weighted by atomic mass is 35.5. The van der Waals surface area contributed by atoms with Crippen molar-refractivity contribution < 1.29 is 14.6 Å². The summed E-state index contributed by atoms with van der Waals surface area (Å²) < 4.78 is 6.62. The number of aliphatic hydroxyl groups is 1. The van der Waals surface area contributed by atoms with Gasteiger partial charge in [-0.1, -0.05) is 11.6 Å². The number of ether oxygens (including phenoxy) is 1. The summed E-state index contributed by atoms with van der Waals surface area (Å²) in [7, 11) is 1.66. The fraction of sp³-hybridized carbons (Fsp3) is 0.312. The van der Waals surface area contributed by atoms with Crippen LogP contribution in [0.3, 0.4) is 0 Å². The highest BCUT2D eigenvalue weighted by Crippen LogP contribution is 2.36. The van der Waals surface area contributed by atoms with Crippen molar-refractivity contribution in [2.45, 2.75) is 13.8 Å². The summed E-state index contributed by atoms with van der Waals surface area (Å²) in [6, 6.07) is 7.06. The molecule has 6 nitrogen and oxygen atoms in total. The minimum Gasteiger partial charge on any atom is -0.511 e. The summed E-state index contributed by atoms with van der Waals surface area (Å²) in [5, 5.41) is 15.4. The number of cyclic esters (lactones) is 1. The summed E-state index contributed by atoms with van der Waals surface area (Å²) in [4.78, 5) is 16.5. The van der Waals surface area contributed by atoms with E-state index in [1.54, 1.807) is 45.2 Å². The first-order valence-electron chi connectivity index (χ1n) is 7.08. The van der Waals surface area contributed by atoms with Crippen LogP contribution in [0.5, 0.6) is 0 Å². The van der Waals surface area contributed by atoms with Gasteiger partial charge >= 0.3 is 5.97 Å². The molecule has 0 atom stereocenters. The summed E-state index contributed by atoms with van der Waals surface area (Å²) in [5.74, 6) is 0.0766. The molecule has 2 heterocycles. The first kappa shape index (κ1) is 15.6. The normalized spacial score (nSPS) is 17.3. The molecule has 1 aromatic carbocycles. The molecule has 1 aromatic heterocycles. The Hall–Kier alpha value is -2.34. The fourth-order valence-corrected chi connectivity index (χ4v) is 2.47. The number of hydrogen-bond donors (Lipinski definition) is 1. The quantitative estimate of drug-likeness (QED) is 0.855. The number of halogens is 1. The molecule has 120 valence electrons. The predicted octanol–water partition coefficient (Wildman–Crippen LogP) is 2.99. The Kier molecular flexibility index (Phi) is 3.64. The van der Waals surface area contributed by atoms with Crippen molar-refractivity contribution in [2.75, 3.05) is 6.61 Å². The summed E-state index contributed by atoms with van der Waals surface area (Å²) in [6.07, 6.45) is 0. The molecular formula is C16H16ClN3O3. The Labute approximate surface area is 138 Å². The molecule has 3 rings (SSSR count). The molecule has 23 heavy (non-hydrogen) atoms. The van der Waals surface area contributed by atoms with Gasteiger partial charge in [-0.15, -0.1) is 0 Å². The molecule has 0 bridgehead atoms. The molecular weight excluding hydrogens is 318 g/mol. The van der Waals surface area contributed by atoms with E-state index in [4.69, 9.17) is 16.3 Å². The summed E-state index contributed by atoms with van der Waals surface area (Å²) in [5.41, 5.74) is 0.159. The number of nitrogens with zero attached hydrogens (tertiary/aromatic N) is 3. The maximum atomic E-state index is 12.1. The van der Waals surface area contributed by atoms with Gasteiger partial charge < -0.3 is 9.84 Å². The van der Waals surface area contributed by atoms with Gasteiger partial charge in [-0.2, -0.15) is 5.10 Å². The van der Waals surface area contributed by atoms with Crippen molar-refractivity contribution >= 4 is 23.1 Å². The van der Waals surface area contributed by atoms with Crippen molar-refractivity contribution in [3.05, 3.63) is 40.9 Å². The Morgan fingerprint density at radius 3 is 2.61 bits per heavy atom. The summed E-state index contributed by atoms with van der Waals surface area (Å²) >= 11 is 5.88. The van der Waals surface area contributed by atoms with Gasteiger partial charge in [0, 0.05) is 17.6 Å². The van der Waals surface area contributed by atoms with E-state index in [-0.39, 0.29) is 23.8 Å². The lowest BCUT2D eigenvalue weighted by Gasteiger charge is -2.29. The second-order valence-electron chi connectivity index (χ2n) is 6.07. The third kappa shape index (κ3) is 2.70. The van der Waals surface area contributed by atoms with Crippen LogP contribution in [-0.2, 0) is 16.6 Å². The van der Waals surface area contributed by atoms with Crippen LogP contribution in [0.1, 0.15) is 19.7 Å². The van der Waals surface area contributed by atoms with Crippen LogP contribution in [0.4, 0.5) is 0 Å². The van der Waals surface area contributed by atoms with Crippen LogP contribution in [-0.4, -0.2) is 32.4 Å². The smallest absolute Gasteiger partial charge is 0.345 e. The number of aliphatic hydroxyl groups excluding tert-OH is 1. The van der Waals surface area contributed by atoms with Crippen molar-refractivity contribution in [1.29, 1.82) is 0 Å². The molecule has 1 N–H and O–H groups in total. The lowest BCUT2D eigenvalue weighted by Crippen LogP contribution is -2.32. The van der Waals surface area contributed by atoms with Crippen LogP contribution < -0.4 is 0 Å². The van der Waals surface area contributed by atoms with Gasteiger partial charge in [-0.05, 0) is 38.1 Å². The minimum absolute atomic E-state index is 0.0353. The maximum absolute atomic E-state index is 12.1. The Balaban J connectivity index is 2.11. The third-order valence-electron chi connectivity index (χ3n) is 3.74. The molecule has 0 fully saturated rings. The Bertz CT molecular complexity index is 806. The van der Waals surface area contributed by atoms with Crippen molar-refractivity contribution in [3.63, 3.8) is 0 Å². The molecule has 0 spiro atoms. The van der Waals surface area contributed by atoms with Crippen LogP contribution >= 0.6 is 11.6 Å². The van der Waals surface area contributed by atoms with E-state index >= 15 is 0 Å². The average Bonchev–Trinajstić information content (AvgIpc) is 2.87. The number of esters is 1. The molecule has 0 saturated carbocycles. The van der Waals surface area contributed by atoms with E-state index in [2.05, 4.69) is 10.1 Å². The highest BCUT2D eigenvalue weighted by Gasteiger charge is 2.38. The molecule has 0 unspecified atom stereocenters.